The zero-order chi connectivity index (χ0) is 26.4. The maximum absolute atomic E-state index is 13.9. The van der Waals surface area contributed by atoms with E-state index in [1.54, 1.807) is 4.90 Å². The summed E-state index contributed by atoms with van der Waals surface area (Å²) in [6.07, 6.45) is 0. The number of thioether (sulfide) groups is 2. The Labute approximate surface area is 237 Å². The number of rotatable bonds is 3. The number of hydrogen-bond donors (Lipinski definition) is 0. The van der Waals surface area contributed by atoms with Gasteiger partial charge in [-0.3, -0.25) is 9.69 Å². The second kappa shape index (κ2) is 10.3. The van der Waals surface area contributed by atoms with E-state index in [1.165, 1.54) is 14.2 Å². The van der Waals surface area contributed by atoms with Crippen LogP contribution < -0.4 is 4.90 Å². The molecule has 2 aliphatic rings. The molecule has 0 saturated heterocycles. The fraction of sp³-hybridized carbons (Fsp3) is 0.231. The molecule has 0 atom stereocenters. The average molecular weight is 652 g/mol. The zero-order valence-corrected chi connectivity index (χ0v) is 24.7. The van der Waals surface area contributed by atoms with Gasteiger partial charge in [-0.15, -0.1) is 0 Å². The highest BCUT2D eigenvalue weighted by atomic mass is 127. The van der Waals surface area contributed by atoms with Gasteiger partial charge in [0.25, 0.3) is 5.91 Å². The smallest absolute Gasteiger partial charge is 0.346 e. The summed E-state index contributed by atoms with van der Waals surface area (Å²) < 4.78 is 11.3. The second-order valence-electron chi connectivity index (χ2n) is 8.54. The molecule has 4 rings (SSSR count). The Balaban J connectivity index is 1.93. The molecule has 0 unspecified atom stereocenters. The number of fused-ring (bicyclic) bond motifs is 1. The molecule has 2 heterocycles. The van der Waals surface area contributed by atoms with E-state index in [0.29, 0.717) is 20.4 Å². The van der Waals surface area contributed by atoms with E-state index in [2.05, 4.69) is 22.6 Å². The number of amides is 1. The average Bonchev–Trinajstić information content (AvgIpc) is 3.29. The van der Waals surface area contributed by atoms with Gasteiger partial charge in [0, 0.05) is 14.7 Å². The first-order chi connectivity index (χ1) is 17.0. The first-order valence-electron chi connectivity index (χ1n) is 10.8. The standard InChI is InChI=1S/C26H22INO5S3/c1-13-10-11-17-15(12-13)18(25-35-19(23(30)32-4)20(36-25)24(31)33-5)21(34)26(2,3)28(17)22(29)14-8-6-7-9-16(14)27/h6-12H,1-5H3. The topological polar surface area (TPSA) is 72.9 Å². The van der Waals surface area contributed by atoms with Crippen LogP contribution in [0, 0.1) is 10.5 Å². The first kappa shape index (κ1) is 26.9. The Morgan fingerprint density at radius 2 is 1.56 bits per heavy atom. The molecule has 0 bridgehead atoms. The number of carbonyl (C=O) groups is 3. The summed E-state index contributed by atoms with van der Waals surface area (Å²) in [6.45, 7) is 5.78. The second-order valence-corrected chi connectivity index (χ2v) is 12.4. The van der Waals surface area contributed by atoms with Crippen LogP contribution in [0.15, 0.2) is 56.5 Å². The summed E-state index contributed by atoms with van der Waals surface area (Å²) in [5, 5.41) is 0. The molecule has 186 valence electrons. The molecule has 0 spiro atoms. The predicted molar refractivity (Wildman–Crippen MR) is 157 cm³/mol. The highest BCUT2D eigenvalue weighted by Crippen LogP contribution is 2.56. The molecule has 1 amide bonds. The van der Waals surface area contributed by atoms with Gasteiger partial charge in [0.2, 0.25) is 0 Å². The van der Waals surface area contributed by atoms with E-state index in [1.807, 2.05) is 63.2 Å². The molecule has 0 radical (unpaired) electrons. The molecule has 0 aliphatic carbocycles. The number of methoxy groups -OCH3 is 2. The number of thiocarbonyl (C=S) groups is 1. The Hall–Kier alpha value is -2.15. The highest BCUT2D eigenvalue weighted by molar-refractivity contribution is 14.1. The lowest BCUT2D eigenvalue weighted by Gasteiger charge is -2.45. The number of ether oxygens (including phenoxy) is 2. The van der Waals surface area contributed by atoms with Gasteiger partial charge in [0.15, 0.2) is 0 Å². The van der Waals surface area contributed by atoms with Gasteiger partial charge < -0.3 is 9.47 Å². The lowest BCUT2D eigenvalue weighted by atomic mass is 9.82. The summed E-state index contributed by atoms with van der Waals surface area (Å²) in [6, 6.07) is 13.3. The molecule has 10 heteroatoms. The van der Waals surface area contributed by atoms with Crippen molar-refractivity contribution in [1.82, 2.24) is 0 Å². The van der Waals surface area contributed by atoms with Crippen molar-refractivity contribution in [1.29, 1.82) is 0 Å². The Morgan fingerprint density at radius 1 is 0.972 bits per heavy atom. The lowest BCUT2D eigenvalue weighted by molar-refractivity contribution is -0.138. The zero-order valence-electron chi connectivity index (χ0n) is 20.1. The van der Waals surface area contributed by atoms with Crippen LogP contribution in [-0.4, -0.2) is 42.5 Å². The van der Waals surface area contributed by atoms with E-state index in [4.69, 9.17) is 21.7 Å². The van der Waals surface area contributed by atoms with E-state index in [9.17, 15) is 14.4 Å². The minimum Gasteiger partial charge on any atom is -0.465 e. The van der Waals surface area contributed by atoms with Crippen molar-refractivity contribution in [3.63, 3.8) is 0 Å². The van der Waals surface area contributed by atoms with E-state index >= 15 is 0 Å². The Kier molecular flexibility index (Phi) is 7.70. The Morgan fingerprint density at radius 3 is 2.11 bits per heavy atom. The number of esters is 2. The van der Waals surface area contributed by atoms with Gasteiger partial charge in [0.1, 0.15) is 9.81 Å². The maximum Gasteiger partial charge on any atom is 0.346 e. The number of halogens is 1. The van der Waals surface area contributed by atoms with Crippen LogP contribution in [0.4, 0.5) is 5.69 Å². The lowest BCUT2D eigenvalue weighted by Crippen LogP contribution is -2.56. The maximum atomic E-state index is 13.9. The van der Waals surface area contributed by atoms with Crippen molar-refractivity contribution >= 4 is 92.3 Å². The summed E-state index contributed by atoms with van der Waals surface area (Å²) >= 11 is 10.5. The molecule has 2 aromatic rings. The van der Waals surface area contributed by atoms with Crippen LogP contribution in [0.1, 0.15) is 35.3 Å². The molecule has 36 heavy (non-hydrogen) atoms. The molecule has 2 aromatic carbocycles. The molecule has 0 N–H and O–H groups in total. The van der Waals surface area contributed by atoms with Crippen molar-refractivity contribution in [2.24, 2.45) is 0 Å². The third-order valence-corrected chi connectivity index (χ3v) is 10.1. The highest BCUT2D eigenvalue weighted by Gasteiger charge is 2.46. The number of anilines is 1. The number of hydrogen-bond acceptors (Lipinski definition) is 8. The van der Waals surface area contributed by atoms with Crippen LogP contribution in [0.5, 0.6) is 0 Å². The molecular formula is C26H22INO5S3. The summed E-state index contributed by atoms with van der Waals surface area (Å²) in [4.78, 5) is 41.5. The van der Waals surface area contributed by atoms with Crippen LogP contribution >= 0.6 is 58.3 Å². The molecule has 0 fully saturated rings. The molecule has 6 nitrogen and oxygen atoms in total. The fourth-order valence-electron chi connectivity index (χ4n) is 4.05. The van der Waals surface area contributed by atoms with Crippen molar-refractivity contribution in [3.05, 3.63) is 76.8 Å². The fourth-order valence-corrected chi connectivity index (χ4v) is 7.70. The summed E-state index contributed by atoms with van der Waals surface area (Å²) in [5.74, 6) is -1.40. The van der Waals surface area contributed by atoms with Crippen LogP contribution in [-0.2, 0) is 19.1 Å². The van der Waals surface area contributed by atoms with Gasteiger partial charge in [0.05, 0.1) is 40.1 Å². The summed E-state index contributed by atoms with van der Waals surface area (Å²) in [5.41, 5.74) is 2.89. The van der Waals surface area contributed by atoms with Crippen molar-refractivity contribution in [3.8, 4) is 0 Å². The van der Waals surface area contributed by atoms with Crippen LogP contribution in [0.25, 0.3) is 5.57 Å². The molecular weight excluding hydrogens is 629 g/mol. The number of carbonyl (C=O) groups excluding carboxylic acids is 3. The minimum absolute atomic E-state index is 0.156. The van der Waals surface area contributed by atoms with Gasteiger partial charge in [-0.1, -0.05) is 59.5 Å². The van der Waals surface area contributed by atoms with E-state index < -0.39 is 17.5 Å². The Bertz CT molecular complexity index is 1370. The molecule has 2 aliphatic heterocycles. The van der Waals surface area contributed by atoms with Crippen LogP contribution in [0.2, 0.25) is 0 Å². The van der Waals surface area contributed by atoms with Crippen molar-refractivity contribution < 1.29 is 23.9 Å². The minimum atomic E-state index is -0.878. The van der Waals surface area contributed by atoms with E-state index in [-0.39, 0.29) is 15.7 Å². The molecule has 0 aromatic heterocycles. The van der Waals surface area contributed by atoms with Crippen LogP contribution in [0.3, 0.4) is 0 Å². The van der Waals surface area contributed by atoms with Gasteiger partial charge in [-0.2, -0.15) is 0 Å². The van der Waals surface area contributed by atoms with Gasteiger partial charge in [-0.25, -0.2) is 9.59 Å². The first-order valence-corrected chi connectivity index (χ1v) is 13.9. The summed E-state index contributed by atoms with van der Waals surface area (Å²) in [7, 11) is 2.53. The SMILES string of the molecule is COC(=O)C1=C(C(=O)OC)SC(=C2C(=S)C(C)(C)N(C(=O)c3ccccc3I)c3ccc(C)cc32)S1. The quantitative estimate of drug-likeness (QED) is 0.170. The predicted octanol–water partition coefficient (Wildman–Crippen LogP) is 6.11. The molecule has 0 saturated carbocycles. The third-order valence-electron chi connectivity index (χ3n) is 5.85. The van der Waals surface area contributed by atoms with E-state index in [0.717, 1.165) is 43.8 Å². The van der Waals surface area contributed by atoms with Crippen molar-refractivity contribution in [2.75, 3.05) is 19.1 Å². The van der Waals surface area contributed by atoms with Gasteiger partial charge in [-0.05, 0) is 67.6 Å². The third kappa shape index (κ3) is 4.52. The number of nitrogens with zero attached hydrogens (tertiary/aromatic N) is 1. The number of aryl methyl sites for hydroxylation is 1. The van der Waals surface area contributed by atoms with Gasteiger partial charge >= 0.3 is 11.9 Å². The van der Waals surface area contributed by atoms with Crippen molar-refractivity contribution in [2.45, 2.75) is 26.3 Å². The largest absolute Gasteiger partial charge is 0.465 e. The normalized spacial score (nSPS) is 16.7. The monoisotopic (exact) mass is 651 g/mol. The number of benzene rings is 2.